The van der Waals surface area contributed by atoms with Gasteiger partial charge in [-0.2, -0.15) is 0 Å². The Morgan fingerprint density at radius 1 is 1.06 bits per heavy atom. The van der Waals surface area contributed by atoms with Crippen molar-refractivity contribution in [2.45, 2.75) is 27.7 Å². The molecule has 5 heteroatoms. The van der Waals surface area contributed by atoms with Gasteiger partial charge in [0.15, 0.2) is 0 Å². The van der Waals surface area contributed by atoms with Gasteiger partial charge in [0.1, 0.15) is 5.75 Å². The first-order valence-corrected chi connectivity index (χ1v) is 5.99. The van der Waals surface area contributed by atoms with Crippen molar-refractivity contribution in [1.82, 2.24) is 0 Å². The number of rotatable bonds is 3. The lowest BCUT2D eigenvalue weighted by Crippen LogP contribution is -2.09. The Hall–Kier alpha value is -1.07. The molecular formula is C11H17NO3S. The maximum absolute atomic E-state index is 11.3. The number of nitrogens with one attached hydrogen (secondary N) is 1. The van der Waals surface area contributed by atoms with Gasteiger partial charge in [-0.25, -0.2) is 4.21 Å². The highest BCUT2D eigenvalue weighted by molar-refractivity contribution is 7.81. The topological polar surface area (TPSA) is 58.6 Å². The minimum atomic E-state index is -1.63. The fourth-order valence-electron chi connectivity index (χ4n) is 1.54. The van der Waals surface area contributed by atoms with Crippen LogP contribution in [0, 0.1) is 27.7 Å². The van der Waals surface area contributed by atoms with Crippen molar-refractivity contribution in [3.63, 3.8) is 0 Å². The van der Waals surface area contributed by atoms with E-state index in [2.05, 4.69) is 8.91 Å². The van der Waals surface area contributed by atoms with E-state index in [1.54, 1.807) is 0 Å². The van der Waals surface area contributed by atoms with Gasteiger partial charge in [-0.15, -0.1) is 0 Å². The molecule has 0 heterocycles. The predicted molar refractivity (Wildman–Crippen MR) is 65.8 cm³/mol. The Balaban J connectivity index is 3.34. The van der Waals surface area contributed by atoms with Crippen molar-refractivity contribution < 1.29 is 13.5 Å². The summed E-state index contributed by atoms with van der Waals surface area (Å²) >= 11 is -1.63. The van der Waals surface area contributed by atoms with Gasteiger partial charge < -0.3 is 5.11 Å². The number of phenols is 1. The van der Waals surface area contributed by atoms with Crippen LogP contribution in [-0.4, -0.2) is 16.4 Å². The summed E-state index contributed by atoms with van der Waals surface area (Å²) in [6.45, 7) is 7.63. The molecule has 90 valence electrons. The number of hydrogen-bond acceptors (Lipinski definition) is 3. The van der Waals surface area contributed by atoms with Crippen molar-refractivity contribution in [1.29, 1.82) is 0 Å². The Labute approximate surface area is 98.4 Å². The van der Waals surface area contributed by atoms with Crippen molar-refractivity contribution in [2.24, 2.45) is 0 Å². The van der Waals surface area contributed by atoms with E-state index in [0.717, 1.165) is 22.3 Å². The monoisotopic (exact) mass is 243 g/mol. The minimum Gasteiger partial charge on any atom is -0.505 e. The van der Waals surface area contributed by atoms with Crippen LogP contribution in [0.3, 0.4) is 0 Å². The summed E-state index contributed by atoms with van der Waals surface area (Å²) < 4.78 is 18.5. The lowest BCUT2D eigenvalue weighted by Gasteiger charge is -2.17. The summed E-state index contributed by atoms with van der Waals surface area (Å²) in [5.74, 6) is 0.131. The zero-order valence-electron chi connectivity index (χ0n) is 10.2. The van der Waals surface area contributed by atoms with Gasteiger partial charge in [-0.05, 0) is 49.9 Å². The van der Waals surface area contributed by atoms with Crippen molar-refractivity contribution in [3.8, 4) is 5.75 Å². The zero-order chi connectivity index (χ0) is 12.5. The van der Waals surface area contributed by atoms with E-state index in [-0.39, 0.29) is 5.75 Å². The molecule has 2 N–H and O–H groups in total. The largest absolute Gasteiger partial charge is 0.505 e. The van der Waals surface area contributed by atoms with Crippen LogP contribution >= 0.6 is 0 Å². The van der Waals surface area contributed by atoms with Crippen molar-refractivity contribution >= 4 is 17.0 Å². The van der Waals surface area contributed by atoms with Gasteiger partial charge in [0.2, 0.25) is 0 Å². The highest BCUT2D eigenvalue weighted by Crippen LogP contribution is 2.36. The zero-order valence-corrected chi connectivity index (χ0v) is 11.0. The van der Waals surface area contributed by atoms with E-state index in [1.165, 1.54) is 7.11 Å². The molecule has 0 aliphatic rings. The molecule has 0 aliphatic heterocycles. The Bertz CT molecular complexity index is 414. The van der Waals surface area contributed by atoms with E-state index < -0.39 is 11.3 Å². The van der Waals surface area contributed by atoms with Gasteiger partial charge >= 0.3 is 0 Å². The molecule has 1 aromatic rings. The molecule has 0 spiro atoms. The molecule has 1 atom stereocenters. The molecule has 4 nitrogen and oxygen atoms in total. The number of aromatic hydroxyl groups is 1. The molecule has 0 saturated heterocycles. The van der Waals surface area contributed by atoms with E-state index >= 15 is 0 Å². The SMILES string of the molecule is COS(=O)Nc1c(C)c(C)c(C)c(C)c1O. The summed E-state index contributed by atoms with van der Waals surface area (Å²) in [6.07, 6.45) is 0. The molecule has 0 bridgehead atoms. The van der Waals surface area contributed by atoms with E-state index in [4.69, 9.17) is 0 Å². The summed E-state index contributed by atoms with van der Waals surface area (Å²) in [5, 5.41) is 9.98. The van der Waals surface area contributed by atoms with Crippen LogP contribution in [0.15, 0.2) is 0 Å². The third-order valence-electron chi connectivity index (χ3n) is 2.99. The van der Waals surface area contributed by atoms with Crippen LogP contribution in [-0.2, 0) is 15.4 Å². The fourth-order valence-corrected chi connectivity index (χ4v) is 2.04. The lowest BCUT2D eigenvalue weighted by atomic mass is 9.97. The van der Waals surface area contributed by atoms with E-state index in [9.17, 15) is 9.32 Å². The third-order valence-corrected chi connectivity index (χ3v) is 3.66. The Kier molecular flexibility index (Phi) is 3.93. The number of hydrogen-bond donors (Lipinski definition) is 2. The molecule has 0 aliphatic carbocycles. The highest BCUT2D eigenvalue weighted by Gasteiger charge is 2.15. The minimum absolute atomic E-state index is 0.131. The lowest BCUT2D eigenvalue weighted by molar-refractivity contribution is 0.448. The normalized spacial score (nSPS) is 12.6. The molecule has 0 fully saturated rings. The second-order valence-electron chi connectivity index (χ2n) is 3.73. The first-order valence-electron chi connectivity index (χ1n) is 4.92. The number of anilines is 1. The molecular weight excluding hydrogens is 226 g/mol. The van der Waals surface area contributed by atoms with Gasteiger partial charge in [-0.3, -0.25) is 8.91 Å². The van der Waals surface area contributed by atoms with Crippen LogP contribution in [0.25, 0.3) is 0 Å². The van der Waals surface area contributed by atoms with Crippen LogP contribution in [0.1, 0.15) is 22.3 Å². The van der Waals surface area contributed by atoms with Crippen LogP contribution in [0.2, 0.25) is 0 Å². The smallest absolute Gasteiger partial charge is 0.261 e. The van der Waals surface area contributed by atoms with Gasteiger partial charge in [0, 0.05) is 0 Å². The first-order chi connectivity index (χ1) is 7.40. The van der Waals surface area contributed by atoms with Crippen LogP contribution < -0.4 is 4.72 Å². The van der Waals surface area contributed by atoms with Crippen LogP contribution in [0.4, 0.5) is 5.69 Å². The Morgan fingerprint density at radius 2 is 1.56 bits per heavy atom. The molecule has 16 heavy (non-hydrogen) atoms. The summed E-state index contributed by atoms with van der Waals surface area (Å²) in [6, 6.07) is 0. The quantitative estimate of drug-likeness (QED) is 0.801. The van der Waals surface area contributed by atoms with Crippen LogP contribution in [0.5, 0.6) is 5.75 Å². The average Bonchev–Trinajstić information content (AvgIpc) is 2.29. The van der Waals surface area contributed by atoms with Gasteiger partial charge in [0.05, 0.1) is 12.8 Å². The molecule has 1 rings (SSSR count). The first kappa shape index (κ1) is 13.0. The highest BCUT2D eigenvalue weighted by atomic mass is 32.2. The molecule has 0 radical (unpaired) electrons. The van der Waals surface area contributed by atoms with Gasteiger partial charge in [0.25, 0.3) is 11.3 Å². The molecule has 0 saturated carbocycles. The average molecular weight is 243 g/mol. The fraction of sp³-hybridized carbons (Fsp3) is 0.455. The van der Waals surface area contributed by atoms with Crippen molar-refractivity contribution in [3.05, 3.63) is 22.3 Å². The molecule has 1 unspecified atom stereocenters. The summed E-state index contributed by atoms with van der Waals surface area (Å²) in [7, 11) is 1.34. The standard InChI is InChI=1S/C11H17NO3S/c1-6-7(2)9(4)11(13)10(8(6)3)12-16(14)15-5/h12-13H,1-5H3. The molecule has 1 aromatic carbocycles. The van der Waals surface area contributed by atoms with E-state index in [0.29, 0.717) is 5.69 Å². The second kappa shape index (κ2) is 4.84. The summed E-state index contributed by atoms with van der Waals surface area (Å²) in [4.78, 5) is 0. The second-order valence-corrected chi connectivity index (χ2v) is 4.73. The summed E-state index contributed by atoms with van der Waals surface area (Å²) in [5.41, 5.74) is 4.26. The maximum Gasteiger partial charge on any atom is 0.261 e. The molecule has 0 amide bonds. The number of phenolic OH excluding ortho intramolecular Hbond substituents is 1. The molecule has 0 aromatic heterocycles. The van der Waals surface area contributed by atoms with Crippen molar-refractivity contribution in [2.75, 3.05) is 11.8 Å². The number of benzene rings is 1. The maximum atomic E-state index is 11.3. The van der Waals surface area contributed by atoms with Gasteiger partial charge in [-0.1, -0.05) is 0 Å². The van der Waals surface area contributed by atoms with E-state index in [1.807, 2.05) is 27.7 Å². The Morgan fingerprint density at radius 3 is 2.06 bits per heavy atom. The predicted octanol–water partition coefficient (Wildman–Crippen LogP) is 2.26. The third kappa shape index (κ3) is 2.20.